The number of carbonyl (C=O) groups excluding carboxylic acids is 1. The number of carboxylic acid groups (broad SMARTS) is 1. The Morgan fingerprint density at radius 1 is 1.30 bits per heavy atom. The maximum atomic E-state index is 11.6. The van der Waals surface area contributed by atoms with E-state index in [9.17, 15) is 9.59 Å². The summed E-state index contributed by atoms with van der Waals surface area (Å²) in [5.41, 5.74) is -0.908. The van der Waals surface area contributed by atoms with E-state index in [1.165, 1.54) is 4.88 Å². The van der Waals surface area contributed by atoms with Crippen molar-refractivity contribution in [2.45, 2.75) is 46.0 Å². The van der Waals surface area contributed by atoms with Crippen LogP contribution in [0.3, 0.4) is 0 Å². The van der Waals surface area contributed by atoms with Crippen LogP contribution in [0.2, 0.25) is 0 Å². The number of unbranched alkanes of at least 4 members (excludes halogenated alkanes) is 2. The third-order valence-corrected chi connectivity index (χ3v) is 4.15. The maximum Gasteiger partial charge on any atom is 0.310 e. The van der Waals surface area contributed by atoms with Crippen LogP contribution in [0, 0.1) is 5.41 Å². The number of thiophene rings is 1. The first-order chi connectivity index (χ1) is 9.42. The zero-order chi connectivity index (χ0) is 15.0. The molecule has 1 aromatic rings. The molecule has 4 nitrogen and oxygen atoms in total. The zero-order valence-electron chi connectivity index (χ0n) is 12.1. The normalized spacial score (nSPS) is 11.3. The number of rotatable bonds is 9. The highest BCUT2D eigenvalue weighted by molar-refractivity contribution is 7.09. The van der Waals surface area contributed by atoms with E-state index in [-0.39, 0.29) is 12.5 Å². The quantitative estimate of drug-likeness (QED) is 0.688. The first kappa shape index (κ1) is 16.7. The SMILES string of the molecule is CC(C)(CNC(=O)CCCCCc1cccs1)C(=O)O. The molecule has 5 heteroatoms. The Labute approximate surface area is 124 Å². The largest absolute Gasteiger partial charge is 0.481 e. The predicted molar refractivity (Wildman–Crippen MR) is 80.9 cm³/mol. The molecule has 0 bridgehead atoms. The third-order valence-electron chi connectivity index (χ3n) is 3.21. The van der Waals surface area contributed by atoms with Crippen molar-refractivity contribution in [1.82, 2.24) is 5.32 Å². The average Bonchev–Trinajstić information content (AvgIpc) is 2.89. The molecule has 2 N–H and O–H groups in total. The smallest absolute Gasteiger partial charge is 0.310 e. The van der Waals surface area contributed by atoms with Gasteiger partial charge in [-0.3, -0.25) is 9.59 Å². The van der Waals surface area contributed by atoms with Gasteiger partial charge in [-0.05, 0) is 44.6 Å². The van der Waals surface area contributed by atoms with Gasteiger partial charge in [0, 0.05) is 17.8 Å². The predicted octanol–water partition coefficient (Wildman–Crippen LogP) is 3.08. The average molecular weight is 297 g/mol. The van der Waals surface area contributed by atoms with Crippen LogP contribution in [0.5, 0.6) is 0 Å². The van der Waals surface area contributed by atoms with Gasteiger partial charge in [-0.2, -0.15) is 0 Å². The van der Waals surface area contributed by atoms with Crippen LogP contribution in [-0.4, -0.2) is 23.5 Å². The highest BCUT2D eigenvalue weighted by Crippen LogP contribution is 2.14. The lowest BCUT2D eigenvalue weighted by atomic mass is 9.94. The molecule has 1 heterocycles. The van der Waals surface area contributed by atoms with E-state index < -0.39 is 11.4 Å². The van der Waals surface area contributed by atoms with E-state index in [1.54, 1.807) is 25.2 Å². The molecule has 0 saturated carbocycles. The number of carbonyl (C=O) groups is 2. The molecule has 0 unspecified atom stereocenters. The van der Waals surface area contributed by atoms with E-state index in [0.717, 1.165) is 25.7 Å². The fourth-order valence-electron chi connectivity index (χ4n) is 1.70. The van der Waals surface area contributed by atoms with Crippen molar-refractivity contribution in [1.29, 1.82) is 0 Å². The van der Waals surface area contributed by atoms with Crippen LogP contribution in [0.15, 0.2) is 17.5 Å². The summed E-state index contributed by atoms with van der Waals surface area (Å²) in [7, 11) is 0. The number of hydrogen-bond acceptors (Lipinski definition) is 3. The Hall–Kier alpha value is -1.36. The second-order valence-corrected chi connectivity index (χ2v) is 6.64. The Kier molecular flexibility index (Phi) is 6.71. The molecular weight excluding hydrogens is 274 g/mol. The van der Waals surface area contributed by atoms with E-state index in [4.69, 9.17) is 5.11 Å². The van der Waals surface area contributed by atoms with E-state index >= 15 is 0 Å². The minimum atomic E-state index is -0.908. The summed E-state index contributed by atoms with van der Waals surface area (Å²) in [6.45, 7) is 3.39. The first-order valence-corrected chi connectivity index (χ1v) is 7.82. The molecule has 0 atom stereocenters. The van der Waals surface area contributed by atoms with Crippen molar-refractivity contribution in [2.75, 3.05) is 6.54 Å². The monoisotopic (exact) mass is 297 g/mol. The molecule has 0 radical (unpaired) electrons. The van der Waals surface area contributed by atoms with E-state index in [2.05, 4.69) is 22.8 Å². The molecule has 0 aromatic carbocycles. The van der Waals surface area contributed by atoms with Crippen molar-refractivity contribution in [3.05, 3.63) is 22.4 Å². The second kappa shape index (κ2) is 8.04. The summed E-state index contributed by atoms with van der Waals surface area (Å²) in [4.78, 5) is 23.9. The lowest BCUT2D eigenvalue weighted by Gasteiger charge is -2.19. The fraction of sp³-hybridized carbons (Fsp3) is 0.600. The van der Waals surface area contributed by atoms with Crippen LogP contribution in [0.25, 0.3) is 0 Å². The Morgan fingerprint density at radius 2 is 2.05 bits per heavy atom. The topological polar surface area (TPSA) is 66.4 Å². The van der Waals surface area contributed by atoms with Crippen LogP contribution < -0.4 is 5.32 Å². The minimum absolute atomic E-state index is 0.0598. The van der Waals surface area contributed by atoms with Gasteiger partial charge in [0.15, 0.2) is 0 Å². The van der Waals surface area contributed by atoms with E-state index in [0.29, 0.717) is 6.42 Å². The Morgan fingerprint density at radius 3 is 2.65 bits per heavy atom. The summed E-state index contributed by atoms with van der Waals surface area (Å²) in [6, 6.07) is 4.18. The summed E-state index contributed by atoms with van der Waals surface area (Å²) < 4.78 is 0. The van der Waals surface area contributed by atoms with Gasteiger partial charge in [0.25, 0.3) is 0 Å². The zero-order valence-corrected chi connectivity index (χ0v) is 13.0. The van der Waals surface area contributed by atoms with Gasteiger partial charge in [0.2, 0.25) is 5.91 Å². The molecule has 1 rings (SSSR count). The lowest BCUT2D eigenvalue weighted by Crippen LogP contribution is -2.38. The fourth-order valence-corrected chi connectivity index (χ4v) is 2.45. The number of hydrogen-bond donors (Lipinski definition) is 2. The molecule has 0 spiro atoms. The number of amides is 1. The summed E-state index contributed by atoms with van der Waals surface area (Å²) >= 11 is 1.77. The molecule has 20 heavy (non-hydrogen) atoms. The van der Waals surface area contributed by atoms with Crippen molar-refractivity contribution in [3.8, 4) is 0 Å². The minimum Gasteiger partial charge on any atom is -0.481 e. The number of carboxylic acids is 1. The first-order valence-electron chi connectivity index (χ1n) is 6.94. The Balaban J connectivity index is 2.07. The van der Waals surface area contributed by atoms with Crippen LogP contribution >= 0.6 is 11.3 Å². The second-order valence-electron chi connectivity index (χ2n) is 5.61. The van der Waals surface area contributed by atoms with Crippen LogP contribution in [-0.2, 0) is 16.0 Å². The Bertz CT molecular complexity index is 426. The summed E-state index contributed by atoms with van der Waals surface area (Å²) in [5.74, 6) is -0.954. The van der Waals surface area contributed by atoms with Gasteiger partial charge in [-0.15, -0.1) is 11.3 Å². The van der Waals surface area contributed by atoms with E-state index in [1.807, 2.05) is 0 Å². The molecule has 0 aliphatic carbocycles. The highest BCUT2D eigenvalue weighted by Gasteiger charge is 2.27. The number of nitrogens with one attached hydrogen (secondary N) is 1. The molecular formula is C15H23NO3S. The van der Waals surface area contributed by atoms with Crippen LogP contribution in [0.1, 0.15) is 44.4 Å². The summed E-state index contributed by atoms with van der Waals surface area (Å²) in [6.07, 6.45) is 4.51. The number of aliphatic carboxylic acids is 1. The molecule has 1 amide bonds. The lowest BCUT2D eigenvalue weighted by molar-refractivity contribution is -0.146. The van der Waals surface area contributed by atoms with Crippen LogP contribution in [0.4, 0.5) is 0 Å². The van der Waals surface area contributed by atoms with Crippen molar-refractivity contribution in [3.63, 3.8) is 0 Å². The maximum absolute atomic E-state index is 11.6. The van der Waals surface area contributed by atoms with Gasteiger partial charge in [-0.1, -0.05) is 12.5 Å². The van der Waals surface area contributed by atoms with Crippen molar-refractivity contribution in [2.24, 2.45) is 5.41 Å². The highest BCUT2D eigenvalue weighted by atomic mass is 32.1. The molecule has 0 aliphatic rings. The van der Waals surface area contributed by atoms with Gasteiger partial charge < -0.3 is 10.4 Å². The van der Waals surface area contributed by atoms with Gasteiger partial charge in [0.1, 0.15) is 0 Å². The number of aryl methyl sites for hydroxylation is 1. The molecule has 0 aliphatic heterocycles. The molecule has 1 aromatic heterocycles. The van der Waals surface area contributed by atoms with Gasteiger partial charge in [0.05, 0.1) is 5.41 Å². The van der Waals surface area contributed by atoms with Crippen molar-refractivity contribution >= 4 is 23.2 Å². The molecule has 0 fully saturated rings. The molecule has 0 saturated heterocycles. The third kappa shape index (κ3) is 6.19. The van der Waals surface area contributed by atoms with Gasteiger partial charge in [-0.25, -0.2) is 0 Å². The van der Waals surface area contributed by atoms with Gasteiger partial charge >= 0.3 is 5.97 Å². The molecule has 112 valence electrons. The van der Waals surface area contributed by atoms with Crippen molar-refractivity contribution < 1.29 is 14.7 Å². The summed E-state index contributed by atoms with van der Waals surface area (Å²) in [5, 5.41) is 13.7. The standard InChI is InChI=1S/C15H23NO3S/c1-15(2,14(18)19)11-16-13(17)9-5-3-4-7-12-8-6-10-20-12/h6,8,10H,3-5,7,9,11H2,1-2H3,(H,16,17)(H,18,19).